The molecule has 0 aliphatic rings. The number of hydrogen-bond donors (Lipinski definition) is 0. The summed E-state index contributed by atoms with van der Waals surface area (Å²) in [7, 11) is 1.55. The number of halogens is 1. The predicted molar refractivity (Wildman–Crippen MR) is 66.5 cm³/mol. The maximum atomic E-state index is 13.6. The molecule has 0 unspecified atom stereocenters. The highest BCUT2D eigenvalue weighted by Crippen LogP contribution is 2.22. The van der Waals surface area contributed by atoms with Crippen molar-refractivity contribution in [3.63, 3.8) is 0 Å². The molecule has 0 saturated heterocycles. The van der Waals surface area contributed by atoms with E-state index >= 15 is 0 Å². The topological polar surface area (TPSA) is 44.1 Å². The van der Waals surface area contributed by atoms with Gasteiger partial charge in [0.2, 0.25) is 0 Å². The van der Waals surface area contributed by atoms with Gasteiger partial charge in [-0.3, -0.25) is 4.79 Å². The minimum absolute atomic E-state index is 0.00450. The standard InChI is InChI=1S/C14H11FN2O/c1-17(9-8-16)14(18)12-6-7-13(15)11-5-3-2-4-10(11)12/h2-7H,9H2,1H3. The summed E-state index contributed by atoms with van der Waals surface area (Å²) < 4.78 is 13.6. The van der Waals surface area contributed by atoms with Crippen molar-refractivity contribution in [1.29, 1.82) is 5.26 Å². The molecule has 0 fully saturated rings. The lowest BCUT2D eigenvalue weighted by Crippen LogP contribution is -2.27. The van der Waals surface area contributed by atoms with Crippen molar-refractivity contribution in [1.82, 2.24) is 4.90 Å². The minimum atomic E-state index is -0.356. The van der Waals surface area contributed by atoms with Crippen molar-refractivity contribution >= 4 is 16.7 Å². The van der Waals surface area contributed by atoms with Gasteiger partial charge in [0, 0.05) is 18.0 Å². The van der Waals surface area contributed by atoms with E-state index in [0.717, 1.165) is 0 Å². The van der Waals surface area contributed by atoms with Crippen molar-refractivity contribution in [3.05, 3.63) is 47.8 Å². The molecule has 90 valence electrons. The van der Waals surface area contributed by atoms with Gasteiger partial charge in [-0.25, -0.2) is 4.39 Å². The number of carbonyl (C=O) groups is 1. The zero-order valence-electron chi connectivity index (χ0n) is 9.85. The Bertz CT molecular complexity index is 646. The highest BCUT2D eigenvalue weighted by molar-refractivity contribution is 6.07. The molecule has 2 aromatic rings. The number of carbonyl (C=O) groups excluding carboxylic acids is 1. The van der Waals surface area contributed by atoms with Crippen molar-refractivity contribution in [2.45, 2.75) is 0 Å². The van der Waals surface area contributed by atoms with Gasteiger partial charge < -0.3 is 4.90 Å². The Hall–Kier alpha value is -2.41. The summed E-state index contributed by atoms with van der Waals surface area (Å²) in [4.78, 5) is 13.4. The molecule has 18 heavy (non-hydrogen) atoms. The predicted octanol–water partition coefficient (Wildman–Crippen LogP) is 2.57. The summed E-state index contributed by atoms with van der Waals surface area (Å²) in [6, 6.07) is 11.4. The van der Waals surface area contributed by atoms with Gasteiger partial charge >= 0.3 is 0 Å². The molecule has 0 heterocycles. The quantitative estimate of drug-likeness (QED) is 0.760. The van der Waals surface area contributed by atoms with Crippen LogP contribution in [0.5, 0.6) is 0 Å². The Balaban J connectivity index is 2.56. The normalized spacial score (nSPS) is 10.1. The zero-order valence-corrected chi connectivity index (χ0v) is 9.85. The second-order valence-corrected chi connectivity index (χ2v) is 3.96. The van der Waals surface area contributed by atoms with Gasteiger partial charge in [-0.05, 0) is 17.5 Å². The van der Waals surface area contributed by atoms with Gasteiger partial charge in [0.25, 0.3) is 5.91 Å². The van der Waals surface area contributed by atoms with E-state index in [-0.39, 0.29) is 18.3 Å². The van der Waals surface area contributed by atoms with E-state index in [1.165, 1.54) is 17.0 Å². The third-order valence-corrected chi connectivity index (χ3v) is 2.76. The molecule has 0 atom stereocenters. The SMILES string of the molecule is CN(CC#N)C(=O)c1ccc(F)c2ccccc12. The van der Waals surface area contributed by atoms with Crippen LogP contribution >= 0.6 is 0 Å². The van der Waals surface area contributed by atoms with Crippen LogP contribution < -0.4 is 0 Å². The summed E-state index contributed by atoms with van der Waals surface area (Å²) in [6.45, 7) is 0.00450. The summed E-state index contributed by atoms with van der Waals surface area (Å²) in [6.07, 6.45) is 0. The molecule has 4 heteroatoms. The minimum Gasteiger partial charge on any atom is -0.328 e. The van der Waals surface area contributed by atoms with Crippen LogP contribution in [0.1, 0.15) is 10.4 Å². The molecule has 0 bridgehead atoms. The fraction of sp³-hybridized carbons (Fsp3) is 0.143. The van der Waals surface area contributed by atoms with Gasteiger partial charge in [-0.2, -0.15) is 5.26 Å². The number of nitriles is 1. The van der Waals surface area contributed by atoms with Gasteiger partial charge in [-0.15, -0.1) is 0 Å². The molecule has 1 amide bonds. The third-order valence-electron chi connectivity index (χ3n) is 2.76. The molecule has 0 aromatic heterocycles. The Morgan fingerprint density at radius 1 is 1.28 bits per heavy atom. The summed E-state index contributed by atoms with van der Waals surface area (Å²) in [5.41, 5.74) is 0.407. The lowest BCUT2D eigenvalue weighted by molar-refractivity contribution is 0.0814. The number of amides is 1. The number of rotatable bonds is 2. The molecule has 2 rings (SSSR count). The van der Waals surface area contributed by atoms with Crippen molar-refractivity contribution < 1.29 is 9.18 Å². The number of hydrogen-bond acceptors (Lipinski definition) is 2. The molecule has 0 spiro atoms. The van der Waals surface area contributed by atoms with Gasteiger partial charge in [-0.1, -0.05) is 24.3 Å². The molecular weight excluding hydrogens is 231 g/mol. The fourth-order valence-electron chi connectivity index (χ4n) is 1.83. The summed E-state index contributed by atoms with van der Waals surface area (Å²) in [5.74, 6) is -0.641. The molecule has 0 aliphatic carbocycles. The monoisotopic (exact) mass is 242 g/mol. The highest BCUT2D eigenvalue weighted by Gasteiger charge is 2.15. The largest absolute Gasteiger partial charge is 0.328 e. The van der Waals surface area contributed by atoms with Gasteiger partial charge in [0.05, 0.1) is 6.07 Å². The highest BCUT2D eigenvalue weighted by atomic mass is 19.1. The van der Waals surface area contributed by atoms with Crippen LogP contribution in [-0.2, 0) is 0 Å². The fourth-order valence-corrected chi connectivity index (χ4v) is 1.83. The van der Waals surface area contributed by atoms with Crippen LogP contribution in [0.4, 0.5) is 4.39 Å². The van der Waals surface area contributed by atoms with Crippen molar-refractivity contribution in [2.75, 3.05) is 13.6 Å². The van der Waals surface area contributed by atoms with E-state index in [1.54, 1.807) is 31.3 Å². The van der Waals surface area contributed by atoms with Crippen molar-refractivity contribution in [2.24, 2.45) is 0 Å². The van der Waals surface area contributed by atoms with Gasteiger partial charge in [0.1, 0.15) is 12.4 Å². The number of benzene rings is 2. The first-order valence-corrected chi connectivity index (χ1v) is 5.45. The molecule has 0 radical (unpaired) electrons. The maximum Gasteiger partial charge on any atom is 0.255 e. The van der Waals surface area contributed by atoms with E-state index in [0.29, 0.717) is 16.3 Å². The second-order valence-electron chi connectivity index (χ2n) is 3.96. The van der Waals surface area contributed by atoms with Crippen LogP contribution in [0.2, 0.25) is 0 Å². The van der Waals surface area contributed by atoms with E-state index in [1.807, 2.05) is 6.07 Å². The average molecular weight is 242 g/mol. The third kappa shape index (κ3) is 2.03. The molecule has 2 aromatic carbocycles. The van der Waals surface area contributed by atoms with Gasteiger partial charge in [0.15, 0.2) is 0 Å². The molecule has 0 saturated carbocycles. The molecule has 0 N–H and O–H groups in total. The Labute approximate surface area is 104 Å². The molecular formula is C14H11FN2O. The maximum absolute atomic E-state index is 13.6. The second kappa shape index (κ2) is 4.84. The summed E-state index contributed by atoms with van der Waals surface area (Å²) >= 11 is 0. The van der Waals surface area contributed by atoms with Crippen LogP contribution in [0, 0.1) is 17.1 Å². The first-order valence-electron chi connectivity index (χ1n) is 5.45. The smallest absolute Gasteiger partial charge is 0.255 e. The number of fused-ring (bicyclic) bond motifs is 1. The van der Waals surface area contributed by atoms with E-state index in [9.17, 15) is 9.18 Å². The van der Waals surface area contributed by atoms with Crippen LogP contribution in [0.15, 0.2) is 36.4 Å². The van der Waals surface area contributed by atoms with Crippen molar-refractivity contribution in [3.8, 4) is 6.07 Å². The number of nitrogens with zero attached hydrogens (tertiary/aromatic N) is 2. The first-order chi connectivity index (χ1) is 8.65. The van der Waals surface area contributed by atoms with E-state index < -0.39 is 0 Å². The Kier molecular flexibility index (Phi) is 3.24. The Morgan fingerprint density at radius 2 is 1.94 bits per heavy atom. The van der Waals surface area contributed by atoms with Crippen LogP contribution in [-0.4, -0.2) is 24.4 Å². The lowest BCUT2D eigenvalue weighted by Gasteiger charge is -2.14. The van der Waals surface area contributed by atoms with E-state index in [2.05, 4.69) is 0 Å². The molecule has 0 aliphatic heterocycles. The lowest BCUT2D eigenvalue weighted by atomic mass is 10.0. The average Bonchev–Trinajstić information content (AvgIpc) is 2.39. The van der Waals surface area contributed by atoms with Crippen LogP contribution in [0.25, 0.3) is 10.8 Å². The Morgan fingerprint density at radius 3 is 2.61 bits per heavy atom. The van der Waals surface area contributed by atoms with Crippen LogP contribution in [0.3, 0.4) is 0 Å². The zero-order chi connectivity index (χ0) is 13.1. The van der Waals surface area contributed by atoms with E-state index in [4.69, 9.17) is 5.26 Å². The molecule has 3 nitrogen and oxygen atoms in total. The first kappa shape index (κ1) is 12.1. The summed E-state index contributed by atoms with van der Waals surface area (Å²) in [5, 5.41) is 9.56.